The van der Waals surface area contributed by atoms with Crippen LogP contribution in [0.3, 0.4) is 0 Å². The van der Waals surface area contributed by atoms with Crippen LogP contribution in [0, 0.1) is 17.2 Å². The highest BCUT2D eigenvalue weighted by molar-refractivity contribution is 6.69. The zero-order chi connectivity index (χ0) is 13.1. The highest BCUT2D eigenvalue weighted by atomic mass is 28.4. The Bertz CT molecular complexity index is 402. The molecular weight excluding hydrogens is 226 g/mol. The fourth-order valence-corrected chi connectivity index (χ4v) is 3.26. The van der Waals surface area contributed by atoms with E-state index in [0.29, 0.717) is 0 Å². The molecule has 0 radical (unpaired) electrons. The number of nitrogens with zero attached hydrogens (tertiary/aromatic N) is 1. The summed E-state index contributed by atoms with van der Waals surface area (Å²) in [4.78, 5) is 0. The van der Waals surface area contributed by atoms with Gasteiger partial charge >= 0.3 is 0 Å². The lowest BCUT2D eigenvalue weighted by Crippen LogP contribution is -2.43. The Labute approximate surface area is 105 Å². The minimum Gasteiger partial charge on any atom is -0.396 e. The number of hydrogen-bond acceptors (Lipinski definition) is 2. The number of rotatable bonds is 4. The van der Waals surface area contributed by atoms with Gasteiger partial charge in [0.25, 0.3) is 0 Å². The highest BCUT2D eigenvalue weighted by Gasteiger charge is 2.40. The van der Waals surface area contributed by atoms with E-state index in [1.165, 1.54) is 0 Å². The molecule has 1 rings (SSSR count). The summed E-state index contributed by atoms with van der Waals surface area (Å²) in [5.74, 6) is 0.127. The zero-order valence-corrected chi connectivity index (χ0v) is 12.3. The minimum atomic E-state index is -1.78. The van der Waals surface area contributed by atoms with Crippen LogP contribution < -0.4 is 0 Å². The molecule has 0 saturated carbocycles. The summed E-state index contributed by atoms with van der Waals surface area (Å²) in [6.45, 7) is 10.4. The van der Waals surface area contributed by atoms with Gasteiger partial charge in [0.1, 0.15) is 6.07 Å². The standard InChI is InChI=1S/C14H21NOSi/c1-12(2)14(11-15,16-17(3,4)5)13-9-7-6-8-10-13/h6-10,12H,1-5H3/t14-/m1/s1. The van der Waals surface area contributed by atoms with Crippen molar-refractivity contribution < 1.29 is 4.43 Å². The van der Waals surface area contributed by atoms with Gasteiger partial charge in [0, 0.05) is 0 Å². The van der Waals surface area contributed by atoms with Crippen molar-refractivity contribution in [3.05, 3.63) is 35.9 Å². The normalized spacial score (nSPS) is 15.4. The van der Waals surface area contributed by atoms with Crippen molar-refractivity contribution in [1.29, 1.82) is 5.26 Å². The van der Waals surface area contributed by atoms with Gasteiger partial charge in [-0.15, -0.1) is 0 Å². The van der Waals surface area contributed by atoms with Crippen molar-refractivity contribution in [1.82, 2.24) is 0 Å². The second kappa shape index (κ2) is 5.03. The van der Waals surface area contributed by atoms with Crippen LogP contribution in [0.4, 0.5) is 0 Å². The summed E-state index contributed by atoms with van der Waals surface area (Å²) >= 11 is 0. The van der Waals surface area contributed by atoms with E-state index in [4.69, 9.17) is 4.43 Å². The Morgan fingerprint density at radius 3 is 2.06 bits per heavy atom. The molecule has 3 heteroatoms. The Hall–Kier alpha value is -1.11. The Kier molecular flexibility index (Phi) is 4.13. The number of nitriles is 1. The molecule has 0 saturated heterocycles. The van der Waals surface area contributed by atoms with Crippen LogP contribution in [0.25, 0.3) is 0 Å². The van der Waals surface area contributed by atoms with Crippen molar-refractivity contribution in [2.75, 3.05) is 0 Å². The maximum atomic E-state index is 9.61. The molecule has 0 amide bonds. The maximum Gasteiger partial charge on any atom is 0.186 e. The predicted octanol–water partition coefficient (Wildman–Crippen LogP) is 3.91. The minimum absolute atomic E-state index is 0.127. The molecule has 0 aliphatic rings. The van der Waals surface area contributed by atoms with Gasteiger partial charge < -0.3 is 4.43 Å². The Morgan fingerprint density at radius 1 is 1.18 bits per heavy atom. The van der Waals surface area contributed by atoms with E-state index in [1.54, 1.807) is 0 Å². The van der Waals surface area contributed by atoms with Gasteiger partial charge in [0.15, 0.2) is 13.9 Å². The van der Waals surface area contributed by atoms with Crippen molar-refractivity contribution in [2.45, 2.75) is 39.1 Å². The monoisotopic (exact) mass is 247 g/mol. The van der Waals surface area contributed by atoms with Crippen molar-refractivity contribution in [2.24, 2.45) is 5.92 Å². The van der Waals surface area contributed by atoms with Gasteiger partial charge in [-0.2, -0.15) is 5.26 Å². The predicted molar refractivity (Wildman–Crippen MR) is 73.0 cm³/mol. The van der Waals surface area contributed by atoms with E-state index in [2.05, 4.69) is 25.7 Å². The van der Waals surface area contributed by atoms with Crippen LogP contribution >= 0.6 is 0 Å². The zero-order valence-electron chi connectivity index (χ0n) is 11.3. The van der Waals surface area contributed by atoms with Gasteiger partial charge in [-0.1, -0.05) is 44.2 Å². The Morgan fingerprint density at radius 2 is 1.71 bits per heavy atom. The molecule has 0 aliphatic carbocycles. The van der Waals surface area contributed by atoms with Gasteiger partial charge in [-0.05, 0) is 31.1 Å². The van der Waals surface area contributed by atoms with E-state index in [0.717, 1.165) is 5.56 Å². The summed E-state index contributed by atoms with van der Waals surface area (Å²) in [5.41, 5.74) is 0.145. The fourth-order valence-electron chi connectivity index (χ4n) is 1.90. The average molecular weight is 247 g/mol. The summed E-state index contributed by atoms with van der Waals surface area (Å²) in [5, 5.41) is 9.61. The van der Waals surface area contributed by atoms with Gasteiger partial charge in [0.2, 0.25) is 0 Å². The highest BCUT2D eigenvalue weighted by Crippen LogP contribution is 2.35. The summed E-state index contributed by atoms with van der Waals surface area (Å²) in [6.07, 6.45) is 0. The van der Waals surface area contributed by atoms with Crippen LogP contribution in [0.1, 0.15) is 19.4 Å². The topological polar surface area (TPSA) is 33.0 Å². The lowest BCUT2D eigenvalue weighted by molar-refractivity contribution is 0.0680. The lowest BCUT2D eigenvalue weighted by Gasteiger charge is -2.37. The lowest BCUT2D eigenvalue weighted by atomic mass is 9.85. The molecule has 2 nitrogen and oxygen atoms in total. The fraction of sp³-hybridized carbons (Fsp3) is 0.500. The summed E-state index contributed by atoms with van der Waals surface area (Å²) < 4.78 is 6.20. The third-order valence-electron chi connectivity index (χ3n) is 2.65. The first-order chi connectivity index (χ1) is 7.82. The summed E-state index contributed by atoms with van der Waals surface area (Å²) in [7, 11) is -1.78. The summed E-state index contributed by atoms with van der Waals surface area (Å²) in [6, 6.07) is 12.2. The van der Waals surface area contributed by atoms with Crippen LogP contribution in [-0.2, 0) is 10.0 Å². The molecule has 0 spiro atoms. The smallest absolute Gasteiger partial charge is 0.186 e. The molecule has 0 aromatic heterocycles. The van der Waals surface area contributed by atoms with Crippen molar-refractivity contribution >= 4 is 8.32 Å². The molecule has 0 unspecified atom stereocenters. The van der Waals surface area contributed by atoms with E-state index in [1.807, 2.05) is 44.2 Å². The SMILES string of the molecule is CC(C)[C@@](C#N)(O[Si](C)(C)C)c1ccccc1. The second-order valence-corrected chi connectivity index (χ2v) is 10.0. The maximum absolute atomic E-state index is 9.61. The third kappa shape index (κ3) is 3.18. The number of hydrogen-bond donors (Lipinski definition) is 0. The quantitative estimate of drug-likeness (QED) is 0.756. The molecule has 1 atom stereocenters. The molecule has 0 heterocycles. The Balaban J connectivity index is 3.25. The van der Waals surface area contributed by atoms with E-state index in [-0.39, 0.29) is 5.92 Å². The molecule has 92 valence electrons. The largest absolute Gasteiger partial charge is 0.396 e. The molecule has 0 fully saturated rings. The van der Waals surface area contributed by atoms with E-state index >= 15 is 0 Å². The van der Waals surface area contributed by atoms with Crippen molar-refractivity contribution in [3.63, 3.8) is 0 Å². The van der Waals surface area contributed by atoms with Crippen LogP contribution in [0.2, 0.25) is 19.6 Å². The first-order valence-corrected chi connectivity index (χ1v) is 9.39. The molecule has 1 aromatic carbocycles. The first kappa shape index (κ1) is 13.9. The molecule has 1 aromatic rings. The van der Waals surface area contributed by atoms with Crippen LogP contribution in [0.5, 0.6) is 0 Å². The third-order valence-corrected chi connectivity index (χ3v) is 3.58. The first-order valence-electron chi connectivity index (χ1n) is 5.99. The molecule has 17 heavy (non-hydrogen) atoms. The molecule has 0 aliphatic heterocycles. The number of benzene rings is 1. The van der Waals surface area contributed by atoms with Crippen LogP contribution in [0.15, 0.2) is 30.3 Å². The van der Waals surface area contributed by atoms with Crippen LogP contribution in [-0.4, -0.2) is 8.32 Å². The van der Waals surface area contributed by atoms with Crippen molar-refractivity contribution in [3.8, 4) is 6.07 Å². The van der Waals surface area contributed by atoms with E-state index in [9.17, 15) is 5.26 Å². The van der Waals surface area contributed by atoms with Gasteiger partial charge in [-0.3, -0.25) is 0 Å². The second-order valence-electron chi connectivity index (χ2n) is 5.58. The average Bonchev–Trinajstić information content (AvgIpc) is 2.25. The van der Waals surface area contributed by atoms with E-state index < -0.39 is 13.9 Å². The molecule has 0 bridgehead atoms. The van der Waals surface area contributed by atoms with Gasteiger partial charge in [0.05, 0.1) is 0 Å². The molecular formula is C14H21NOSi. The molecule has 0 N–H and O–H groups in total. The van der Waals surface area contributed by atoms with Gasteiger partial charge in [-0.25, -0.2) is 0 Å².